The Morgan fingerprint density at radius 3 is 2.64 bits per heavy atom. The van der Waals surface area contributed by atoms with Gasteiger partial charge in [0.1, 0.15) is 12.6 Å². The molecular formula is C30H39BrN2O5S. The summed E-state index contributed by atoms with van der Waals surface area (Å²) in [6.07, 6.45) is 4.30. The van der Waals surface area contributed by atoms with Crippen molar-refractivity contribution >= 4 is 51.2 Å². The number of amides is 2. The van der Waals surface area contributed by atoms with E-state index in [2.05, 4.69) is 29.1 Å². The summed E-state index contributed by atoms with van der Waals surface area (Å²) in [6, 6.07) is 4.57. The zero-order valence-corrected chi connectivity index (χ0v) is 25.5. The highest BCUT2D eigenvalue weighted by Gasteiger charge is 2.76. The number of halogens is 1. The molecule has 9 heteroatoms. The first-order valence-corrected chi connectivity index (χ1v) is 15.3. The van der Waals surface area contributed by atoms with Crippen molar-refractivity contribution in [3.63, 3.8) is 0 Å². The van der Waals surface area contributed by atoms with Crippen molar-refractivity contribution in [3.8, 4) is 0 Å². The van der Waals surface area contributed by atoms with Gasteiger partial charge < -0.3 is 19.6 Å². The number of ether oxygens (including phenoxy) is 1. The highest BCUT2D eigenvalue weighted by molar-refractivity contribution is 9.09. The molecule has 3 aliphatic heterocycles. The number of nitrogens with zero attached hydrogens (tertiary/aromatic N) is 2. The molecular weight excluding hydrogens is 580 g/mol. The molecule has 4 rings (SSSR count). The molecule has 1 spiro atoms. The second kappa shape index (κ2) is 11.8. The fourth-order valence-electron chi connectivity index (χ4n) is 6.66. The number of thioether (sulfide) groups is 1. The van der Waals surface area contributed by atoms with Crippen LogP contribution in [-0.4, -0.2) is 74.5 Å². The van der Waals surface area contributed by atoms with Gasteiger partial charge >= 0.3 is 5.97 Å². The van der Waals surface area contributed by atoms with Gasteiger partial charge in [0.2, 0.25) is 5.91 Å². The van der Waals surface area contributed by atoms with Crippen LogP contribution in [0.15, 0.2) is 43.5 Å². The van der Waals surface area contributed by atoms with E-state index < -0.39 is 34.6 Å². The molecule has 212 valence electrons. The van der Waals surface area contributed by atoms with Crippen molar-refractivity contribution in [3.05, 3.63) is 54.6 Å². The highest BCUT2D eigenvalue weighted by atomic mass is 79.9. The van der Waals surface area contributed by atoms with E-state index in [9.17, 15) is 19.5 Å². The molecule has 1 N–H and O–H groups in total. The van der Waals surface area contributed by atoms with E-state index in [0.29, 0.717) is 12.8 Å². The van der Waals surface area contributed by atoms with E-state index in [1.165, 1.54) is 6.08 Å². The van der Waals surface area contributed by atoms with Crippen LogP contribution in [0.25, 0.3) is 0 Å². The average molecular weight is 620 g/mol. The number of aliphatic hydroxyl groups is 1. The minimum atomic E-state index is -0.849. The molecule has 0 aliphatic carbocycles. The van der Waals surface area contributed by atoms with Crippen molar-refractivity contribution < 1.29 is 24.2 Å². The summed E-state index contributed by atoms with van der Waals surface area (Å²) >= 11 is 5.34. The monoisotopic (exact) mass is 618 g/mol. The summed E-state index contributed by atoms with van der Waals surface area (Å²) in [4.78, 5) is 45.8. The van der Waals surface area contributed by atoms with Gasteiger partial charge in [-0.3, -0.25) is 14.4 Å². The van der Waals surface area contributed by atoms with E-state index in [-0.39, 0.29) is 47.6 Å². The maximum absolute atomic E-state index is 14.8. The van der Waals surface area contributed by atoms with E-state index in [1.54, 1.807) is 27.6 Å². The lowest BCUT2D eigenvalue weighted by molar-refractivity contribution is -0.153. The Kier molecular flexibility index (Phi) is 9.03. The number of alkyl halides is 1. The lowest BCUT2D eigenvalue weighted by Gasteiger charge is -2.40. The Balaban J connectivity index is 1.86. The largest absolute Gasteiger partial charge is 0.461 e. The second-order valence-corrected chi connectivity index (χ2v) is 14.0. The Morgan fingerprint density at radius 1 is 1.31 bits per heavy atom. The van der Waals surface area contributed by atoms with Crippen molar-refractivity contribution in [2.75, 3.05) is 24.7 Å². The quantitative estimate of drug-likeness (QED) is 0.224. The van der Waals surface area contributed by atoms with Crippen LogP contribution in [0.1, 0.15) is 37.8 Å². The van der Waals surface area contributed by atoms with Gasteiger partial charge in [0, 0.05) is 22.3 Å². The third kappa shape index (κ3) is 5.10. The topological polar surface area (TPSA) is 87.2 Å². The van der Waals surface area contributed by atoms with Gasteiger partial charge in [-0.05, 0) is 49.8 Å². The van der Waals surface area contributed by atoms with Crippen LogP contribution in [0.5, 0.6) is 0 Å². The summed E-state index contributed by atoms with van der Waals surface area (Å²) in [5.74, 6) is -2.11. The van der Waals surface area contributed by atoms with Crippen LogP contribution in [0.4, 0.5) is 5.69 Å². The number of rotatable bonds is 11. The average Bonchev–Trinajstić information content (AvgIpc) is 3.48. The minimum Gasteiger partial charge on any atom is -0.461 e. The maximum Gasteiger partial charge on any atom is 0.311 e. The van der Waals surface area contributed by atoms with Gasteiger partial charge in [-0.1, -0.05) is 60.6 Å². The van der Waals surface area contributed by atoms with E-state index in [0.717, 1.165) is 16.8 Å². The lowest BCUT2D eigenvalue weighted by Crippen LogP contribution is -2.58. The number of carbonyl (C=O) groups excluding carboxylic acids is 3. The van der Waals surface area contributed by atoms with Crippen LogP contribution in [-0.2, 0) is 19.1 Å². The number of aliphatic hydroxyl groups excluding tert-OH is 1. The molecule has 3 unspecified atom stereocenters. The van der Waals surface area contributed by atoms with Gasteiger partial charge in [0.25, 0.3) is 5.91 Å². The molecule has 7 nitrogen and oxygen atoms in total. The van der Waals surface area contributed by atoms with Crippen LogP contribution in [0.2, 0.25) is 0 Å². The summed E-state index contributed by atoms with van der Waals surface area (Å²) in [6.45, 7) is 15.6. The second-order valence-electron chi connectivity index (χ2n) is 11.3. The predicted molar refractivity (Wildman–Crippen MR) is 159 cm³/mol. The third-order valence-electron chi connectivity index (χ3n) is 8.16. The zero-order valence-electron chi connectivity index (χ0n) is 23.1. The fraction of sp³-hybridized carbons (Fsp3) is 0.567. The summed E-state index contributed by atoms with van der Waals surface area (Å²) in [5.41, 5.74) is 2.73. The predicted octanol–water partition coefficient (Wildman–Crippen LogP) is 4.42. The number of carbonyl (C=O) groups is 3. The minimum absolute atomic E-state index is 0.0608. The number of benzene rings is 1. The number of fused-ring (bicyclic) bond motifs is 1. The van der Waals surface area contributed by atoms with Gasteiger partial charge in [0.15, 0.2) is 0 Å². The van der Waals surface area contributed by atoms with Crippen molar-refractivity contribution in [2.45, 2.75) is 67.4 Å². The Morgan fingerprint density at radius 2 is 2.03 bits per heavy atom. The molecule has 39 heavy (non-hydrogen) atoms. The van der Waals surface area contributed by atoms with Crippen molar-refractivity contribution in [2.24, 2.45) is 17.8 Å². The molecule has 7 atom stereocenters. The van der Waals surface area contributed by atoms with Crippen LogP contribution < -0.4 is 4.90 Å². The molecule has 0 radical (unpaired) electrons. The Hall–Kier alpha value is -2.10. The molecule has 1 aromatic rings. The Bertz CT molecular complexity index is 1160. The highest BCUT2D eigenvalue weighted by Crippen LogP contribution is 2.68. The fourth-order valence-corrected chi connectivity index (χ4v) is 10.2. The third-order valence-corrected chi connectivity index (χ3v) is 11.4. The molecule has 3 saturated heterocycles. The summed E-state index contributed by atoms with van der Waals surface area (Å²) < 4.78 is 4.65. The van der Waals surface area contributed by atoms with Crippen LogP contribution in [0.3, 0.4) is 0 Å². The number of likely N-dealkylation sites (tertiary alicyclic amines) is 1. The summed E-state index contributed by atoms with van der Waals surface area (Å²) in [7, 11) is 0. The normalized spacial score (nSPS) is 29.9. The van der Waals surface area contributed by atoms with Crippen molar-refractivity contribution in [1.29, 1.82) is 0 Å². The molecule has 2 bridgehead atoms. The van der Waals surface area contributed by atoms with E-state index in [1.807, 2.05) is 45.9 Å². The van der Waals surface area contributed by atoms with E-state index in [4.69, 9.17) is 4.74 Å². The first-order chi connectivity index (χ1) is 18.5. The first-order valence-electron chi connectivity index (χ1n) is 13.5. The summed E-state index contributed by atoms with van der Waals surface area (Å²) in [5, 5.41) is 10.3. The number of anilines is 1. The van der Waals surface area contributed by atoms with Gasteiger partial charge in [-0.2, -0.15) is 0 Å². The number of esters is 1. The molecule has 3 fully saturated rings. The molecule has 3 heterocycles. The smallest absolute Gasteiger partial charge is 0.311 e. The molecule has 3 aliphatic rings. The number of hydrogen-bond acceptors (Lipinski definition) is 6. The molecule has 0 aromatic heterocycles. The standard InChI is InChI=1S/C30H39BrN2O5S/c1-7-11-32(22-14-18(5)9-10-19(22)6)28(36)26-30-15-21(31)25(39-30)23(29(37)38-12-8-2)24(30)27(35)33(26)20(16-34)13-17(3)4/h7-10,14,17,20-21,23-26,34H,1-2,11-13,15-16H2,3-6H3/t20-,21?,23-,24+,25-,26?,30?/m1/s1. The molecule has 0 saturated carbocycles. The molecule has 2 amide bonds. The number of aryl methyl sites for hydroxylation is 2. The maximum atomic E-state index is 14.8. The van der Waals surface area contributed by atoms with Gasteiger partial charge in [-0.15, -0.1) is 18.3 Å². The molecule has 1 aromatic carbocycles. The van der Waals surface area contributed by atoms with E-state index >= 15 is 0 Å². The zero-order chi connectivity index (χ0) is 28.6. The first kappa shape index (κ1) is 29.9. The van der Waals surface area contributed by atoms with Crippen LogP contribution in [0, 0.1) is 31.6 Å². The Labute approximate surface area is 244 Å². The van der Waals surface area contributed by atoms with Crippen LogP contribution >= 0.6 is 27.7 Å². The SMILES string of the molecule is C=CCOC(=O)[C@H]1[C@@H]2SC3(CC2Br)C(C(=O)N(CC=C)c2cc(C)ccc2C)N([C@@H](CO)CC(C)C)C(=O)[C@H]13. The van der Waals surface area contributed by atoms with Crippen molar-refractivity contribution in [1.82, 2.24) is 4.90 Å². The van der Waals surface area contributed by atoms with Gasteiger partial charge in [0.05, 0.1) is 29.2 Å². The number of hydrogen-bond donors (Lipinski definition) is 1. The van der Waals surface area contributed by atoms with Gasteiger partial charge in [-0.25, -0.2) is 0 Å². The lowest BCUT2D eigenvalue weighted by atomic mass is 9.71.